The molecule has 0 unspecified atom stereocenters. The van der Waals surface area contributed by atoms with Gasteiger partial charge >= 0.3 is 0 Å². The third-order valence-corrected chi connectivity index (χ3v) is 5.02. The molecule has 0 saturated carbocycles. The fraction of sp³-hybridized carbons (Fsp3) is 0.500. The zero-order chi connectivity index (χ0) is 14.9. The molecule has 0 aromatic heterocycles. The van der Waals surface area contributed by atoms with E-state index < -0.39 is 0 Å². The van der Waals surface area contributed by atoms with Gasteiger partial charge in [-0.05, 0) is 18.9 Å². The molecule has 3 rings (SSSR count). The Balaban J connectivity index is 0.00000176. The van der Waals surface area contributed by atoms with Crippen LogP contribution in [0.3, 0.4) is 0 Å². The number of allylic oxidation sites excluding steroid dienone is 1. The van der Waals surface area contributed by atoms with Crippen molar-refractivity contribution >= 4 is 17.8 Å². The number of benzene rings is 1. The van der Waals surface area contributed by atoms with Crippen molar-refractivity contribution in [2.45, 2.75) is 45.2 Å². The van der Waals surface area contributed by atoms with Gasteiger partial charge in [0.05, 0.1) is 11.4 Å². The molecule has 0 aliphatic carbocycles. The highest BCUT2D eigenvalue weighted by Crippen LogP contribution is 2.29. The molecular formula is C18H24Cl2N2. The summed E-state index contributed by atoms with van der Waals surface area (Å²) in [6.45, 7) is 7.96. The Hall–Kier alpha value is -0.990. The first kappa shape index (κ1) is 17.4. The Kier molecular flexibility index (Phi) is 5.57. The second-order valence-corrected chi connectivity index (χ2v) is 7.12. The quantitative estimate of drug-likeness (QED) is 0.748. The van der Waals surface area contributed by atoms with Gasteiger partial charge in [-0.1, -0.05) is 29.8 Å². The van der Waals surface area contributed by atoms with E-state index in [1.165, 1.54) is 37.2 Å². The highest BCUT2D eigenvalue weighted by molar-refractivity contribution is 6.31. The Labute approximate surface area is 144 Å². The van der Waals surface area contributed by atoms with Crippen molar-refractivity contribution in [2.24, 2.45) is 0 Å². The third kappa shape index (κ3) is 3.67. The molecule has 0 bridgehead atoms. The van der Waals surface area contributed by atoms with Crippen LogP contribution in [0.15, 0.2) is 36.0 Å². The molecule has 120 valence electrons. The minimum Gasteiger partial charge on any atom is -1.00 e. The van der Waals surface area contributed by atoms with E-state index in [1.807, 2.05) is 12.1 Å². The van der Waals surface area contributed by atoms with Crippen LogP contribution in [0.2, 0.25) is 5.02 Å². The molecular weight excluding hydrogens is 315 g/mol. The minimum absolute atomic E-state index is 0. The highest BCUT2D eigenvalue weighted by atomic mass is 35.5. The van der Waals surface area contributed by atoms with Crippen LogP contribution in [0.25, 0.3) is 0 Å². The van der Waals surface area contributed by atoms with E-state index in [0.717, 1.165) is 18.0 Å². The predicted octanol–water partition coefficient (Wildman–Crippen LogP) is 1.09. The van der Waals surface area contributed by atoms with E-state index in [0.29, 0.717) is 0 Å². The standard InChI is InChI=1S/C18H24ClN2.ClH/c1-18(2)13-16(20-10-5-6-11-20)9-12-21(18)14-15-7-3-4-8-17(15)19;/h3-4,7-9,12H,5-6,10-11,13-14H2,1-2H3;1H/q+1;/p-1. The van der Waals surface area contributed by atoms with Crippen LogP contribution >= 0.6 is 11.6 Å². The highest BCUT2D eigenvalue weighted by Gasteiger charge is 2.36. The summed E-state index contributed by atoms with van der Waals surface area (Å²) in [5.41, 5.74) is 2.82. The first-order valence-electron chi connectivity index (χ1n) is 7.85. The molecule has 4 heteroatoms. The molecule has 1 saturated heterocycles. The molecule has 1 aromatic carbocycles. The average molecular weight is 339 g/mol. The molecule has 22 heavy (non-hydrogen) atoms. The number of halogens is 2. The molecule has 2 aliphatic heterocycles. The minimum atomic E-state index is 0. The van der Waals surface area contributed by atoms with Gasteiger partial charge in [-0.25, -0.2) is 4.58 Å². The number of rotatable bonds is 3. The molecule has 2 aliphatic rings. The van der Waals surface area contributed by atoms with Gasteiger partial charge in [0.15, 0.2) is 18.3 Å². The van der Waals surface area contributed by atoms with Gasteiger partial charge in [0, 0.05) is 44.3 Å². The lowest BCUT2D eigenvalue weighted by molar-refractivity contribution is -0.612. The van der Waals surface area contributed by atoms with Gasteiger partial charge in [-0.3, -0.25) is 0 Å². The van der Waals surface area contributed by atoms with E-state index in [-0.39, 0.29) is 17.9 Å². The molecule has 0 amide bonds. The van der Waals surface area contributed by atoms with Crippen molar-refractivity contribution in [1.29, 1.82) is 0 Å². The lowest BCUT2D eigenvalue weighted by atomic mass is 9.93. The van der Waals surface area contributed by atoms with E-state index in [4.69, 9.17) is 11.6 Å². The third-order valence-electron chi connectivity index (χ3n) is 4.65. The Morgan fingerprint density at radius 3 is 2.50 bits per heavy atom. The Bertz CT molecular complexity index is 585. The summed E-state index contributed by atoms with van der Waals surface area (Å²) in [5.74, 6) is 0. The van der Waals surface area contributed by atoms with Crippen molar-refractivity contribution in [3.8, 4) is 0 Å². The second-order valence-electron chi connectivity index (χ2n) is 6.71. The van der Waals surface area contributed by atoms with E-state index in [1.54, 1.807) is 0 Å². The summed E-state index contributed by atoms with van der Waals surface area (Å²) >= 11 is 6.30. The predicted molar refractivity (Wildman–Crippen MR) is 89.1 cm³/mol. The zero-order valence-corrected chi connectivity index (χ0v) is 14.9. The summed E-state index contributed by atoms with van der Waals surface area (Å²) in [6.07, 6.45) is 8.32. The van der Waals surface area contributed by atoms with E-state index in [2.05, 4.69) is 47.7 Å². The van der Waals surface area contributed by atoms with Gasteiger partial charge in [-0.2, -0.15) is 0 Å². The number of nitrogens with zero attached hydrogens (tertiary/aromatic N) is 2. The van der Waals surface area contributed by atoms with Crippen LogP contribution < -0.4 is 12.4 Å². The van der Waals surface area contributed by atoms with Gasteiger partial charge in [0.2, 0.25) is 0 Å². The van der Waals surface area contributed by atoms with E-state index in [9.17, 15) is 0 Å². The van der Waals surface area contributed by atoms with Gasteiger partial charge in [0.1, 0.15) is 0 Å². The van der Waals surface area contributed by atoms with Crippen LogP contribution in [0.4, 0.5) is 0 Å². The Morgan fingerprint density at radius 1 is 1.18 bits per heavy atom. The van der Waals surface area contributed by atoms with Crippen molar-refractivity contribution in [1.82, 2.24) is 4.90 Å². The molecule has 0 radical (unpaired) electrons. The van der Waals surface area contributed by atoms with Crippen molar-refractivity contribution in [3.63, 3.8) is 0 Å². The van der Waals surface area contributed by atoms with Crippen LogP contribution in [-0.4, -0.2) is 34.3 Å². The van der Waals surface area contributed by atoms with Crippen LogP contribution in [0.1, 0.15) is 38.7 Å². The van der Waals surface area contributed by atoms with Crippen LogP contribution in [-0.2, 0) is 6.54 Å². The lowest BCUT2D eigenvalue weighted by Crippen LogP contribution is -3.00. The molecule has 1 fully saturated rings. The van der Waals surface area contributed by atoms with Gasteiger partial charge in [-0.15, -0.1) is 0 Å². The van der Waals surface area contributed by atoms with E-state index >= 15 is 0 Å². The van der Waals surface area contributed by atoms with Crippen molar-refractivity contribution in [3.05, 3.63) is 46.6 Å². The summed E-state index contributed by atoms with van der Waals surface area (Å²) in [5, 5.41) is 0.857. The van der Waals surface area contributed by atoms with Gasteiger partial charge < -0.3 is 17.3 Å². The number of hydrogen-bond acceptors (Lipinski definition) is 1. The topological polar surface area (TPSA) is 6.25 Å². The molecule has 2 nitrogen and oxygen atoms in total. The maximum atomic E-state index is 6.30. The van der Waals surface area contributed by atoms with Crippen molar-refractivity contribution < 1.29 is 17.0 Å². The molecule has 0 N–H and O–H groups in total. The summed E-state index contributed by atoms with van der Waals surface area (Å²) in [6, 6.07) is 8.14. The fourth-order valence-corrected chi connectivity index (χ4v) is 3.48. The maximum Gasteiger partial charge on any atom is 0.170 e. The molecule has 0 atom stereocenters. The average Bonchev–Trinajstić information content (AvgIpc) is 2.97. The summed E-state index contributed by atoms with van der Waals surface area (Å²) in [4.78, 5) is 2.55. The molecule has 0 spiro atoms. The van der Waals surface area contributed by atoms with Crippen molar-refractivity contribution in [2.75, 3.05) is 13.1 Å². The first-order valence-corrected chi connectivity index (χ1v) is 8.23. The summed E-state index contributed by atoms with van der Waals surface area (Å²) < 4.78 is 2.41. The zero-order valence-electron chi connectivity index (χ0n) is 13.4. The largest absolute Gasteiger partial charge is 1.00 e. The summed E-state index contributed by atoms with van der Waals surface area (Å²) in [7, 11) is 0. The normalized spacial score (nSPS) is 20.2. The smallest absolute Gasteiger partial charge is 0.170 e. The van der Waals surface area contributed by atoms with Crippen LogP contribution in [0, 0.1) is 0 Å². The molecule has 2 heterocycles. The maximum absolute atomic E-state index is 6.30. The molecule has 1 aromatic rings. The monoisotopic (exact) mass is 338 g/mol. The second kappa shape index (κ2) is 7.06. The van der Waals surface area contributed by atoms with Gasteiger partial charge in [0.25, 0.3) is 0 Å². The Morgan fingerprint density at radius 2 is 1.86 bits per heavy atom. The fourth-order valence-electron chi connectivity index (χ4n) is 3.28. The van der Waals surface area contributed by atoms with Crippen LogP contribution in [0.5, 0.6) is 0 Å². The first-order chi connectivity index (χ1) is 10.1. The SMILES string of the molecule is CC1(C)CC(N2CCCC2)=CC=[N+]1Cc1ccccc1Cl.[Cl-]. The number of likely N-dealkylation sites (tertiary alicyclic amines) is 1. The number of hydrogen-bond donors (Lipinski definition) is 0. The lowest BCUT2D eigenvalue weighted by Gasteiger charge is -2.31.